The van der Waals surface area contributed by atoms with E-state index in [1.54, 1.807) is 11.8 Å². The first-order chi connectivity index (χ1) is 8.31. The molecule has 0 unspecified atom stereocenters. The fourth-order valence-corrected chi connectivity index (χ4v) is 1.79. The van der Waals surface area contributed by atoms with Gasteiger partial charge in [0.25, 0.3) is 0 Å². The lowest BCUT2D eigenvalue weighted by Gasteiger charge is -2.38. The average Bonchev–Trinajstić information content (AvgIpc) is 2.16. The number of likely N-dealkylation sites (tertiary alicyclic amines) is 1. The molecule has 0 saturated carbocycles. The Balaban J connectivity index is 2.19. The quantitative estimate of drug-likeness (QED) is 0.733. The van der Waals surface area contributed by atoms with Crippen molar-refractivity contribution in [1.29, 1.82) is 0 Å². The summed E-state index contributed by atoms with van der Waals surface area (Å²) >= 11 is 1.61. The van der Waals surface area contributed by atoms with Crippen LogP contribution < -0.4 is 0 Å². The van der Waals surface area contributed by atoms with Crippen LogP contribution in [0.1, 0.15) is 27.2 Å². The molecule has 0 radical (unpaired) electrons. The van der Waals surface area contributed by atoms with Gasteiger partial charge in [0.05, 0.1) is 19.5 Å². The highest BCUT2D eigenvalue weighted by atomic mass is 32.2. The van der Waals surface area contributed by atoms with Crippen molar-refractivity contribution in [1.82, 2.24) is 4.90 Å². The van der Waals surface area contributed by atoms with Crippen LogP contribution in [0.2, 0.25) is 0 Å². The van der Waals surface area contributed by atoms with Gasteiger partial charge in [0.2, 0.25) is 0 Å². The number of carbonyl (C=O) groups excluding carboxylic acids is 2. The number of rotatable bonds is 4. The first kappa shape index (κ1) is 15.1. The molecule has 0 spiro atoms. The second-order valence-corrected chi connectivity index (χ2v) is 6.23. The number of thioether (sulfide) groups is 1. The van der Waals surface area contributed by atoms with Crippen LogP contribution in [0.5, 0.6) is 0 Å². The van der Waals surface area contributed by atoms with Crippen LogP contribution in [-0.4, -0.2) is 53.8 Å². The number of hydrogen-bond donors (Lipinski definition) is 0. The van der Waals surface area contributed by atoms with Crippen molar-refractivity contribution in [2.24, 2.45) is 0 Å². The van der Waals surface area contributed by atoms with Crippen LogP contribution in [0, 0.1) is 0 Å². The van der Waals surface area contributed by atoms with E-state index in [0.717, 1.165) is 5.75 Å². The van der Waals surface area contributed by atoms with Crippen LogP contribution >= 0.6 is 11.8 Å². The number of hydrogen-bond acceptors (Lipinski definition) is 5. The zero-order chi connectivity index (χ0) is 13.8. The SMILES string of the molecule is CSCCC(=O)OC1CN(C(=O)OC(C)(C)C)C1. The number of ether oxygens (including phenoxy) is 2. The number of nitrogens with zero attached hydrogens (tertiary/aromatic N) is 1. The molecule has 6 heteroatoms. The van der Waals surface area contributed by atoms with Gasteiger partial charge in [-0.1, -0.05) is 0 Å². The Bertz CT molecular complexity index is 308. The van der Waals surface area contributed by atoms with Gasteiger partial charge in [0, 0.05) is 5.75 Å². The Morgan fingerprint density at radius 2 is 1.94 bits per heavy atom. The van der Waals surface area contributed by atoms with E-state index < -0.39 is 5.60 Å². The Morgan fingerprint density at radius 3 is 2.44 bits per heavy atom. The molecule has 1 heterocycles. The second-order valence-electron chi connectivity index (χ2n) is 5.24. The fraction of sp³-hybridized carbons (Fsp3) is 0.833. The molecule has 0 aromatic rings. The number of amides is 1. The van der Waals surface area contributed by atoms with E-state index in [0.29, 0.717) is 19.5 Å². The van der Waals surface area contributed by atoms with Gasteiger partial charge in [0.1, 0.15) is 11.7 Å². The molecule has 0 atom stereocenters. The molecular weight excluding hydrogens is 254 g/mol. The highest BCUT2D eigenvalue weighted by Gasteiger charge is 2.35. The molecule has 1 fully saturated rings. The van der Waals surface area contributed by atoms with E-state index in [1.807, 2.05) is 27.0 Å². The Kier molecular flexibility index (Phi) is 5.31. The van der Waals surface area contributed by atoms with Gasteiger partial charge < -0.3 is 14.4 Å². The lowest BCUT2D eigenvalue weighted by molar-refractivity contribution is -0.156. The predicted molar refractivity (Wildman–Crippen MR) is 70.7 cm³/mol. The molecule has 0 aliphatic carbocycles. The summed E-state index contributed by atoms with van der Waals surface area (Å²) in [6, 6.07) is 0. The maximum absolute atomic E-state index is 11.6. The second kappa shape index (κ2) is 6.31. The van der Waals surface area contributed by atoms with Crippen LogP contribution in [0.25, 0.3) is 0 Å². The summed E-state index contributed by atoms with van der Waals surface area (Å²) in [6.45, 7) is 6.33. The van der Waals surface area contributed by atoms with Crippen molar-refractivity contribution in [3.8, 4) is 0 Å². The largest absolute Gasteiger partial charge is 0.459 e. The molecule has 104 valence electrons. The van der Waals surface area contributed by atoms with Gasteiger partial charge in [-0.25, -0.2) is 4.79 Å². The fourth-order valence-electron chi connectivity index (χ4n) is 1.42. The molecule has 0 aromatic heterocycles. The molecule has 1 rings (SSSR count). The van der Waals surface area contributed by atoms with Crippen molar-refractivity contribution >= 4 is 23.8 Å². The van der Waals surface area contributed by atoms with Gasteiger partial charge >= 0.3 is 12.1 Å². The molecular formula is C12H21NO4S. The summed E-state index contributed by atoms with van der Waals surface area (Å²) in [4.78, 5) is 24.5. The summed E-state index contributed by atoms with van der Waals surface area (Å²) in [5.74, 6) is 0.569. The summed E-state index contributed by atoms with van der Waals surface area (Å²) in [5, 5.41) is 0. The first-order valence-corrected chi connectivity index (χ1v) is 7.37. The molecule has 1 saturated heterocycles. The topological polar surface area (TPSA) is 55.8 Å². The standard InChI is InChI=1S/C12H21NO4S/c1-12(2,3)17-11(15)13-7-9(8-13)16-10(14)5-6-18-4/h9H,5-8H2,1-4H3. The monoisotopic (exact) mass is 275 g/mol. The van der Waals surface area contributed by atoms with Gasteiger partial charge in [0.15, 0.2) is 0 Å². The molecule has 1 aliphatic heterocycles. The molecule has 0 N–H and O–H groups in total. The van der Waals surface area contributed by atoms with E-state index in [4.69, 9.17) is 9.47 Å². The van der Waals surface area contributed by atoms with E-state index in [9.17, 15) is 9.59 Å². The predicted octanol–water partition coefficient (Wildman–Crippen LogP) is 1.90. The van der Waals surface area contributed by atoms with E-state index in [2.05, 4.69) is 0 Å². The van der Waals surface area contributed by atoms with E-state index >= 15 is 0 Å². The van der Waals surface area contributed by atoms with Gasteiger partial charge in [-0.3, -0.25) is 4.79 Å². The smallest absolute Gasteiger partial charge is 0.410 e. The Morgan fingerprint density at radius 1 is 1.33 bits per heavy atom. The van der Waals surface area contributed by atoms with Crippen LogP contribution in [0.15, 0.2) is 0 Å². The molecule has 0 bridgehead atoms. The third-order valence-electron chi connectivity index (χ3n) is 2.31. The van der Waals surface area contributed by atoms with Crippen molar-refractivity contribution in [2.45, 2.75) is 38.9 Å². The Labute approximate surface area is 112 Å². The summed E-state index contributed by atoms with van der Waals surface area (Å²) in [7, 11) is 0. The molecule has 1 amide bonds. The number of carbonyl (C=O) groups is 2. The molecule has 1 aliphatic rings. The zero-order valence-corrected chi connectivity index (χ0v) is 12.2. The molecule has 5 nitrogen and oxygen atoms in total. The maximum Gasteiger partial charge on any atom is 0.410 e. The lowest BCUT2D eigenvalue weighted by Crippen LogP contribution is -2.56. The maximum atomic E-state index is 11.6. The number of esters is 1. The van der Waals surface area contributed by atoms with E-state index in [1.165, 1.54) is 4.90 Å². The van der Waals surface area contributed by atoms with Crippen molar-refractivity contribution < 1.29 is 19.1 Å². The third-order valence-corrected chi connectivity index (χ3v) is 2.92. The molecule has 18 heavy (non-hydrogen) atoms. The van der Waals surface area contributed by atoms with Crippen LogP contribution in [0.4, 0.5) is 4.79 Å². The van der Waals surface area contributed by atoms with Crippen LogP contribution in [0.3, 0.4) is 0 Å². The third kappa shape index (κ3) is 5.16. The summed E-state index contributed by atoms with van der Waals surface area (Å²) < 4.78 is 10.4. The zero-order valence-electron chi connectivity index (χ0n) is 11.4. The first-order valence-electron chi connectivity index (χ1n) is 5.98. The molecule has 0 aromatic carbocycles. The van der Waals surface area contributed by atoms with Gasteiger partial charge in [-0.2, -0.15) is 11.8 Å². The Hall–Kier alpha value is -0.910. The van der Waals surface area contributed by atoms with Crippen molar-refractivity contribution in [3.05, 3.63) is 0 Å². The van der Waals surface area contributed by atoms with Gasteiger partial charge in [-0.15, -0.1) is 0 Å². The van der Waals surface area contributed by atoms with E-state index in [-0.39, 0.29) is 18.2 Å². The highest BCUT2D eigenvalue weighted by Crippen LogP contribution is 2.17. The van der Waals surface area contributed by atoms with Crippen molar-refractivity contribution in [3.63, 3.8) is 0 Å². The average molecular weight is 275 g/mol. The summed E-state index contributed by atoms with van der Waals surface area (Å²) in [5.41, 5.74) is -0.489. The minimum atomic E-state index is -0.489. The van der Waals surface area contributed by atoms with Crippen LogP contribution in [-0.2, 0) is 14.3 Å². The highest BCUT2D eigenvalue weighted by molar-refractivity contribution is 7.98. The normalized spacial score (nSPS) is 16.1. The lowest BCUT2D eigenvalue weighted by atomic mass is 10.1. The van der Waals surface area contributed by atoms with Crippen molar-refractivity contribution in [2.75, 3.05) is 25.1 Å². The minimum absolute atomic E-state index is 0.174. The van der Waals surface area contributed by atoms with Gasteiger partial charge in [-0.05, 0) is 27.0 Å². The minimum Gasteiger partial charge on any atom is -0.459 e. The summed E-state index contributed by atoms with van der Waals surface area (Å²) in [6.07, 6.45) is 1.84.